The zero-order valence-corrected chi connectivity index (χ0v) is 17.0. The zero-order chi connectivity index (χ0) is 21.5. The minimum absolute atomic E-state index is 0.134. The third-order valence-corrected chi connectivity index (χ3v) is 4.73. The number of anilines is 2. The number of fused-ring (bicyclic) bond motifs is 1. The Bertz CT molecular complexity index is 1180. The van der Waals surface area contributed by atoms with Crippen LogP contribution in [0.5, 0.6) is 11.5 Å². The average Bonchev–Trinajstić information content (AvgIpc) is 3.10. The van der Waals surface area contributed by atoms with Crippen molar-refractivity contribution in [2.24, 2.45) is 5.73 Å². The molecule has 2 amide bonds. The molecule has 1 heterocycles. The van der Waals surface area contributed by atoms with Crippen LogP contribution >= 0.6 is 11.3 Å². The molecule has 0 bridgehead atoms. The van der Waals surface area contributed by atoms with E-state index in [1.165, 1.54) is 18.3 Å². The number of nitrogens with one attached hydrogen (secondary N) is 1. The van der Waals surface area contributed by atoms with E-state index < -0.39 is 0 Å². The van der Waals surface area contributed by atoms with E-state index in [-0.39, 0.29) is 11.8 Å². The van der Waals surface area contributed by atoms with Crippen molar-refractivity contribution in [3.8, 4) is 11.5 Å². The highest BCUT2D eigenvalue weighted by atomic mass is 32.1. The molecule has 4 aromatic rings. The van der Waals surface area contributed by atoms with E-state index in [0.29, 0.717) is 27.9 Å². The first-order valence-electron chi connectivity index (χ1n) is 8.97. The number of benzene rings is 3. The Labute approximate surface area is 177 Å². The van der Waals surface area contributed by atoms with E-state index >= 15 is 0 Å². The van der Waals surface area contributed by atoms with Crippen LogP contribution in [0.3, 0.4) is 0 Å². The number of ether oxygens (including phenoxy) is 1. The molecule has 0 aliphatic rings. The Kier molecular flexibility index (Phi) is 6.61. The number of amides is 2. The van der Waals surface area contributed by atoms with Gasteiger partial charge >= 0.3 is 0 Å². The second kappa shape index (κ2) is 9.53. The van der Waals surface area contributed by atoms with Gasteiger partial charge in [0.15, 0.2) is 5.13 Å². The summed E-state index contributed by atoms with van der Waals surface area (Å²) in [5.41, 5.74) is 12.7. The summed E-state index contributed by atoms with van der Waals surface area (Å²) < 4.78 is 6.71. The lowest BCUT2D eigenvalue weighted by Gasteiger charge is -2.05. The molecule has 0 aliphatic carbocycles. The number of nitrogen functional groups attached to an aromatic ring is 1. The summed E-state index contributed by atoms with van der Waals surface area (Å²) in [6.07, 6.45) is 0. The molecule has 4 rings (SSSR count). The summed E-state index contributed by atoms with van der Waals surface area (Å²) in [4.78, 5) is 25.8. The maximum atomic E-state index is 11.0. The number of aromatic nitrogens is 1. The lowest BCUT2D eigenvalue weighted by molar-refractivity contribution is -0.114. The second-order valence-corrected chi connectivity index (χ2v) is 7.27. The zero-order valence-electron chi connectivity index (χ0n) is 16.2. The number of rotatable bonds is 4. The molecular formula is C22H20N4O3S. The summed E-state index contributed by atoms with van der Waals surface area (Å²) in [5.74, 6) is 0.868. The normalized spacial score (nSPS) is 10.0. The minimum Gasteiger partial charge on any atom is -0.457 e. The van der Waals surface area contributed by atoms with Gasteiger partial charge in [-0.2, -0.15) is 0 Å². The standard InChI is InChI=1S/C15H13N3O2S.C7H7NO/c1-9(19)17-15-18-13-6-5-12(8-14(13)21-15)20-11-4-2-3-10(16)7-11;8-7(9)6-4-2-1-3-5-6/h2-8H,16H2,1H3,(H,17,18,19);1-5H,(H2,8,9). The van der Waals surface area contributed by atoms with Crippen LogP contribution in [0.15, 0.2) is 72.8 Å². The number of nitrogens with two attached hydrogens (primary N) is 2. The Morgan fingerprint density at radius 1 is 0.967 bits per heavy atom. The van der Waals surface area contributed by atoms with Crippen molar-refractivity contribution >= 4 is 44.2 Å². The summed E-state index contributed by atoms with van der Waals surface area (Å²) in [6.45, 7) is 1.46. The number of thiazole rings is 1. The van der Waals surface area contributed by atoms with Crippen LogP contribution in [-0.4, -0.2) is 16.8 Å². The van der Waals surface area contributed by atoms with Crippen LogP contribution in [0.1, 0.15) is 17.3 Å². The topological polar surface area (TPSA) is 120 Å². The van der Waals surface area contributed by atoms with Gasteiger partial charge in [0, 0.05) is 30.3 Å². The van der Waals surface area contributed by atoms with Gasteiger partial charge in [-0.25, -0.2) is 4.98 Å². The molecule has 30 heavy (non-hydrogen) atoms. The van der Waals surface area contributed by atoms with Crippen LogP contribution in [0.25, 0.3) is 10.2 Å². The third kappa shape index (κ3) is 5.79. The second-order valence-electron chi connectivity index (χ2n) is 6.23. The van der Waals surface area contributed by atoms with Gasteiger partial charge in [-0.3, -0.25) is 9.59 Å². The van der Waals surface area contributed by atoms with E-state index in [1.54, 1.807) is 36.4 Å². The number of hydrogen-bond donors (Lipinski definition) is 3. The maximum absolute atomic E-state index is 11.0. The SMILES string of the molecule is CC(=O)Nc1nc2ccc(Oc3cccc(N)c3)cc2s1.NC(=O)c1ccccc1. The highest BCUT2D eigenvalue weighted by molar-refractivity contribution is 7.22. The molecule has 0 saturated heterocycles. The van der Waals surface area contributed by atoms with Gasteiger partial charge in [-0.05, 0) is 36.4 Å². The summed E-state index contributed by atoms with van der Waals surface area (Å²) in [7, 11) is 0. The van der Waals surface area contributed by atoms with E-state index in [0.717, 1.165) is 10.2 Å². The molecule has 8 heteroatoms. The van der Waals surface area contributed by atoms with E-state index in [4.69, 9.17) is 16.2 Å². The van der Waals surface area contributed by atoms with Crippen molar-refractivity contribution < 1.29 is 14.3 Å². The van der Waals surface area contributed by atoms with Crippen LogP contribution in [0, 0.1) is 0 Å². The van der Waals surface area contributed by atoms with Crippen LogP contribution in [0.2, 0.25) is 0 Å². The van der Waals surface area contributed by atoms with Crippen molar-refractivity contribution in [3.05, 3.63) is 78.4 Å². The van der Waals surface area contributed by atoms with Gasteiger partial charge in [-0.1, -0.05) is 35.6 Å². The molecule has 1 aromatic heterocycles. The highest BCUT2D eigenvalue weighted by Gasteiger charge is 2.07. The Morgan fingerprint density at radius 3 is 2.33 bits per heavy atom. The molecule has 0 aliphatic heterocycles. The predicted octanol–water partition coefficient (Wildman–Crippen LogP) is 4.41. The molecule has 0 fully saturated rings. The van der Waals surface area contributed by atoms with Gasteiger partial charge in [0.1, 0.15) is 11.5 Å². The van der Waals surface area contributed by atoms with Gasteiger partial charge in [-0.15, -0.1) is 0 Å². The molecule has 3 aromatic carbocycles. The third-order valence-electron chi connectivity index (χ3n) is 3.79. The quantitative estimate of drug-likeness (QED) is 0.422. The minimum atomic E-state index is -0.379. The van der Waals surface area contributed by atoms with Crippen molar-refractivity contribution in [1.82, 2.24) is 4.98 Å². The number of primary amides is 1. The van der Waals surface area contributed by atoms with Crippen LogP contribution in [-0.2, 0) is 4.79 Å². The van der Waals surface area contributed by atoms with Crippen molar-refractivity contribution in [3.63, 3.8) is 0 Å². The van der Waals surface area contributed by atoms with Gasteiger partial charge < -0.3 is 21.5 Å². The fourth-order valence-corrected chi connectivity index (χ4v) is 3.43. The smallest absolute Gasteiger partial charge is 0.248 e. The number of hydrogen-bond acceptors (Lipinski definition) is 6. The molecule has 0 spiro atoms. The Morgan fingerprint density at radius 2 is 1.70 bits per heavy atom. The monoisotopic (exact) mass is 420 g/mol. The fourth-order valence-electron chi connectivity index (χ4n) is 2.49. The van der Waals surface area contributed by atoms with Gasteiger partial charge in [0.2, 0.25) is 11.8 Å². The first-order valence-corrected chi connectivity index (χ1v) is 9.79. The molecule has 5 N–H and O–H groups in total. The molecule has 0 radical (unpaired) electrons. The molecule has 0 saturated carbocycles. The lowest BCUT2D eigenvalue weighted by atomic mass is 10.2. The van der Waals surface area contributed by atoms with Gasteiger partial charge in [0.05, 0.1) is 10.2 Å². The van der Waals surface area contributed by atoms with E-state index in [9.17, 15) is 9.59 Å². The Balaban J connectivity index is 0.000000239. The fraction of sp³-hybridized carbons (Fsp3) is 0.0455. The molecule has 7 nitrogen and oxygen atoms in total. The molecule has 0 unspecified atom stereocenters. The molecule has 0 atom stereocenters. The number of carbonyl (C=O) groups excluding carboxylic acids is 2. The first-order chi connectivity index (χ1) is 14.4. The Hall–Kier alpha value is -3.91. The highest BCUT2D eigenvalue weighted by Crippen LogP contribution is 2.31. The first kappa shape index (κ1) is 20.8. The average molecular weight is 420 g/mol. The van der Waals surface area contributed by atoms with Gasteiger partial charge in [0.25, 0.3) is 0 Å². The van der Waals surface area contributed by atoms with E-state index in [1.807, 2.05) is 36.4 Å². The van der Waals surface area contributed by atoms with Crippen molar-refractivity contribution in [2.75, 3.05) is 11.1 Å². The largest absolute Gasteiger partial charge is 0.457 e. The number of nitrogens with zero attached hydrogens (tertiary/aromatic N) is 1. The van der Waals surface area contributed by atoms with Crippen molar-refractivity contribution in [2.45, 2.75) is 6.92 Å². The van der Waals surface area contributed by atoms with Crippen LogP contribution in [0.4, 0.5) is 10.8 Å². The number of carbonyl (C=O) groups is 2. The molecular weight excluding hydrogens is 400 g/mol. The van der Waals surface area contributed by atoms with Crippen molar-refractivity contribution in [1.29, 1.82) is 0 Å². The summed E-state index contributed by atoms with van der Waals surface area (Å²) in [6, 6.07) is 21.6. The maximum Gasteiger partial charge on any atom is 0.248 e. The lowest BCUT2D eigenvalue weighted by Crippen LogP contribution is -2.09. The predicted molar refractivity (Wildman–Crippen MR) is 120 cm³/mol. The van der Waals surface area contributed by atoms with E-state index in [2.05, 4.69) is 10.3 Å². The summed E-state index contributed by atoms with van der Waals surface area (Å²) >= 11 is 1.41. The molecule has 152 valence electrons. The van der Waals surface area contributed by atoms with Crippen LogP contribution < -0.4 is 21.5 Å². The summed E-state index contributed by atoms with van der Waals surface area (Å²) in [5, 5.41) is 3.26.